The van der Waals surface area contributed by atoms with Gasteiger partial charge in [-0.3, -0.25) is 14.8 Å². The zero-order valence-corrected chi connectivity index (χ0v) is 17.6. The Balaban J connectivity index is 1.61. The van der Waals surface area contributed by atoms with E-state index in [1.807, 2.05) is 23.1 Å². The molecule has 0 unspecified atom stereocenters. The molecule has 1 aliphatic carbocycles. The highest BCUT2D eigenvalue weighted by molar-refractivity contribution is 5.87. The number of ether oxygens (including phenoxy) is 1. The molecule has 8 heteroatoms. The number of hydroxylamine groups is 1. The summed E-state index contributed by atoms with van der Waals surface area (Å²) in [6.07, 6.45) is 2.05. The normalized spacial score (nSPS) is 24.8. The minimum absolute atomic E-state index is 0.0486. The maximum Gasteiger partial charge on any atom is 0.409 e. The molecule has 30 heavy (non-hydrogen) atoms. The maximum absolute atomic E-state index is 13.2. The first-order valence-electron chi connectivity index (χ1n) is 10.6. The highest BCUT2D eigenvalue weighted by atomic mass is 16.6. The summed E-state index contributed by atoms with van der Waals surface area (Å²) in [5, 5.41) is 9.17. The SMILES string of the molecule is CN(C)C(=O)O[C@@H]1CC[C@H](C(=O)N2CCC(c3ccccc3)CC2)[C@@H](C(=O)NO)C1. The number of likely N-dealkylation sites (tertiary alicyclic amines) is 1. The predicted octanol–water partition coefficient (Wildman–Crippen LogP) is 2.38. The van der Waals surface area contributed by atoms with E-state index in [-0.39, 0.29) is 12.3 Å². The lowest BCUT2D eigenvalue weighted by Gasteiger charge is -2.39. The number of carbonyl (C=O) groups excluding carboxylic acids is 3. The number of carbonyl (C=O) groups is 3. The predicted molar refractivity (Wildman–Crippen MR) is 110 cm³/mol. The molecule has 2 aliphatic rings. The summed E-state index contributed by atoms with van der Waals surface area (Å²) >= 11 is 0. The summed E-state index contributed by atoms with van der Waals surface area (Å²) in [6.45, 7) is 1.31. The van der Waals surface area contributed by atoms with Gasteiger partial charge in [0.1, 0.15) is 6.10 Å². The summed E-state index contributed by atoms with van der Waals surface area (Å²) < 4.78 is 5.41. The fourth-order valence-corrected chi connectivity index (χ4v) is 4.55. The van der Waals surface area contributed by atoms with Gasteiger partial charge >= 0.3 is 6.09 Å². The van der Waals surface area contributed by atoms with E-state index in [1.165, 1.54) is 10.5 Å². The molecule has 0 aromatic heterocycles. The average Bonchev–Trinajstić information content (AvgIpc) is 2.78. The third-order valence-electron chi connectivity index (χ3n) is 6.28. The minimum Gasteiger partial charge on any atom is -0.446 e. The van der Waals surface area contributed by atoms with Gasteiger partial charge in [0.05, 0.1) is 11.8 Å². The number of nitrogens with one attached hydrogen (secondary N) is 1. The van der Waals surface area contributed by atoms with Gasteiger partial charge in [-0.1, -0.05) is 30.3 Å². The number of benzene rings is 1. The van der Waals surface area contributed by atoms with Crippen LogP contribution in [0.1, 0.15) is 43.6 Å². The van der Waals surface area contributed by atoms with E-state index >= 15 is 0 Å². The summed E-state index contributed by atoms with van der Waals surface area (Å²) in [7, 11) is 3.18. The molecule has 2 fully saturated rings. The van der Waals surface area contributed by atoms with Crippen LogP contribution >= 0.6 is 0 Å². The molecule has 3 atom stereocenters. The van der Waals surface area contributed by atoms with Crippen LogP contribution in [0, 0.1) is 11.8 Å². The van der Waals surface area contributed by atoms with Crippen LogP contribution in [0.4, 0.5) is 4.79 Å². The molecule has 1 saturated carbocycles. The van der Waals surface area contributed by atoms with Crippen molar-refractivity contribution in [2.45, 2.75) is 44.1 Å². The lowest BCUT2D eigenvalue weighted by atomic mass is 9.76. The van der Waals surface area contributed by atoms with Gasteiger partial charge in [0.15, 0.2) is 0 Å². The molecule has 2 N–H and O–H groups in total. The van der Waals surface area contributed by atoms with Crippen molar-refractivity contribution in [3.05, 3.63) is 35.9 Å². The van der Waals surface area contributed by atoms with Crippen LogP contribution < -0.4 is 5.48 Å². The van der Waals surface area contributed by atoms with Gasteiger partial charge in [-0.05, 0) is 43.6 Å². The van der Waals surface area contributed by atoms with Crippen LogP contribution in [0.3, 0.4) is 0 Å². The molecular formula is C22H31N3O5. The minimum atomic E-state index is -0.719. The second-order valence-electron chi connectivity index (χ2n) is 8.41. The maximum atomic E-state index is 13.2. The summed E-state index contributed by atoms with van der Waals surface area (Å²) in [6, 6.07) is 10.3. The Bertz CT molecular complexity index is 746. The van der Waals surface area contributed by atoms with E-state index in [9.17, 15) is 19.6 Å². The molecule has 3 rings (SSSR count). The van der Waals surface area contributed by atoms with Crippen molar-refractivity contribution in [3.63, 3.8) is 0 Å². The Morgan fingerprint density at radius 3 is 2.30 bits per heavy atom. The second kappa shape index (κ2) is 9.93. The van der Waals surface area contributed by atoms with Gasteiger partial charge in [0.2, 0.25) is 11.8 Å². The molecule has 1 saturated heterocycles. The molecule has 3 amide bonds. The summed E-state index contributed by atoms with van der Waals surface area (Å²) in [5.74, 6) is -1.44. The molecule has 0 spiro atoms. The molecule has 164 valence electrons. The Morgan fingerprint density at radius 1 is 1.03 bits per heavy atom. The fourth-order valence-electron chi connectivity index (χ4n) is 4.55. The monoisotopic (exact) mass is 417 g/mol. The highest BCUT2D eigenvalue weighted by Gasteiger charge is 2.42. The smallest absolute Gasteiger partial charge is 0.409 e. The van der Waals surface area contributed by atoms with E-state index in [4.69, 9.17) is 4.74 Å². The van der Waals surface area contributed by atoms with Crippen LogP contribution in [0.5, 0.6) is 0 Å². The van der Waals surface area contributed by atoms with Gasteiger partial charge in [-0.2, -0.15) is 0 Å². The second-order valence-corrected chi connectivity index (χ2v) is 8.41. The third kappa shape index (κ3) is 5.11. The van der Waals surface area contributed by atoms with Crippen molar-refractivity contribution in [2.24, 2.45) is 11.8 Å². The van der Waals surface area contributed by atoms with Gasteiger partial charge in [0, 0.05) is 27.2 Å². The molecular weight excluding hydrogens is 386 g/mol. The zero-order chi connectivity index (χ0) is 21.7. The van der Waals surface area contributed by atoms with Gasteiger partial charge in [0.25, 0.3) is 0 Å². The number of rotatable bonds is 4. The Labute approximate surface area is 177 Å². The lowest BCUT2D eigenvalue weighted by Crippen LogP contribution is -2.49. The van der Waals surface area contributed by atoms with Crippen molar-refractivity contribution < 1.29 is 24.3 Å². The lowest BCUT2D eigenvalue weighted by molar-refractivity contribution is -0.149. The third-order valence-corrected chi connectivity index (χ3v) is 6.28. The first-order valence-corrected chi connectivity index (χ1v) is 10.6. The number of hydrogen-bond acceptors (Lipinski definition) is 5. The van der Waals surface area contributed by atoms with E-state index in [0.717, 1.165) is 12.8 Å². The van der Waals surface area contributed by atoms with Crippen molar-refractivity contribution in [1.29, 1.82) is 0 Å². The number of hydrogen-bond donors (Lipinski definition) is 2. The Morgan fingerprint density at radius 2 is 1.70 bits per heavy atom. The average molecular weight is 418 g/mol. The largest absolute Gasteiger partial charge is 0.446 e. The molecule has 1 heterocycles. The Kier molecular flexibility index (Phi) is 7.31. The molecule has 1 aromatic carbocycles. The first-order chi connectivity index (χ1) is 14.4. The van der Waals surface area contributed by atoms with Gasteiger partial charge < -0.3 is 14.5 Å². The van der Waals surface area contributed by atoms with Crippen LogP contribution in [-0.4, -0.2) is 66.2 Å². The van der Waals surface area contributed by atoms with Crippen molar-refractivity contribution in [1.82, 2.24) is 15.3 Å². The number of amides is 3. The standard InChI is InChI=1S/C22H31N3O5/c1-24(2)22(28)30-17-8-9-18(19(14-17)20(26)23-29)21(27)25-12-10-16(11-13-25)15-6-4-3-5-7-15/h3-7,16-19,29H,8-14H2,1-2H3,(H,23,26)/t17-,18+,19+/m1/s1. The quantitative estimate of drug-likeness (QED) is 0.579. The van der Waals surface area contributed by atoms with Crippen molar-refractivity contribution in [3.8, 4) is 0 Å². The van der Waals surface area contributed by atoms with Crippen LogP contribution in [0.25, 0.3) is 0 Å². The summed E-state index contributed by atoms with van der Waals surface area (Å²) in [4.78, 5) is 40.5. The molecule has 0 bridgehead atoms. The van der Waals surface area contributed by atoms with Gasteiger partial charge in [-0.25, -0.2) is 10.3 Å². The van der Waals surface area contributed by atoms with E-state index < -0.39 is 29.9 Å². The fraction of sp³-hybridized carbons (Fsp3) is 0.591. The highest BCUT2D eigenvalue weighted by Crippen LogP contribution is 2.35. The molecule has 1 aliphatic heterocycles. The van der Waals surface area contributed by atoms with Crippen molar-refractivity contribution >= 4 is 17.9 Å². The van der Waals surface area contributed by atoms with Crippen LogP contribution in [0.15, 0.2) is 30.3 Å². The van der Waals surface area contributed by atoms with E-state index in [0.29, 0.717) is 31.8 Å². The zero-order valence-electron chi connectivity index (χ0n) is 17.6. The molecule has 8 nitrogen and oxygen atoms in total. The van der Waals surface area contributed by atoms with Gasteiger partial charge in [-0.15, -0.1) is 0 Å². The molecule has 0 radical (unpaired) electrons. The topological polar surface area (TPSA) is 99.2 Å². The number of nitrogens with zero attached hydrogens (tertiary/aromatic N) is 2. The van der Waals surface area contributed by atoms with E-state index in [1.54, 1.807) is 19.6 Å². The number of piperidine rings is 1. The first kappa shape index (κ1) is 22.1. The molecule has 1 aromatic rings. The van der Waals surface area contributed by atoms with E-state index in [2.05, 4.69) is 12.1 Å². The van der Waals surface area contributed by atoms with Crippen LogP contribution in [0.2, 0.25) is 0 Å². The summed E-state index contributed by atoms with van der Waals surface area (Å²) in [5.41, 5.74) is 2.98. The Hall–Kier alpha value is -2.61. The van der Waals surface area contributed by atoms with Crippen molar-refractivity contribution in [2.75, 3.05) is 27.2 Å². The van der Waals surface area contributed by atoms with Crippen LogP contribution in [-0.2, 0) is 14.3 Å².